The maximum Gasteiger partial charge on any atom is 0.224 e. The van der Waals surface area contributed by atoms with Crippen LogP contribution in [0.4, 0.5) is 11.8 Å². The fraction of sp³-hybridized carbons (Fsp3) is 0.462. The van der Waals surface area contributed by atoms with Crippen LogP contribution in [0.25, 0.3) is 0 Å². The molecule has 0 aromatic carbocycles. The number of thiazole rings is 1. The Morgan fingerprint density at radius 1 is 1.21 bits per heavy atom. The molecule has 6 heteroatoms. The van der Waals surface area contributed by atoms with Crippen LogP contribution in [-0.4, -0.2) is 21.5 Å². The molecular weight excluding hydrogens is 258 g/mol. The first kappa shape index (κ1) is 13.7. The van der Waals surface area contributed by atoms with Gasteiger partial charge in [-0.25, -0.2) is 9.97 Å². The van der Waals surface area contributed by atoms with Crippen LogP contribution >= 0.6 is 11.3 Å². The SMILES string of the molecule is CCNc1nc(C)cc(NCc2ncc(CC)s2)n1. The van der Waals surface area contributed by atoms with Crippen molar-refractivity contribution >= 4 is 23.1 Å². The minimum absolute atomic E-state index is 0.665. The van der Waals surface area contributed by atoms with Gasteiger partial charge in [-0.3, -0.25) is 0 Å². The molecule has 0 bridgehead atoms. The molecule has 0 amide bonds. The van der Waals surface area contributed by atoms with Crippen molar-refractivity contribution in [1.82, 2.24) is 15.0 Å². The van der Waals surface area contributed by atoms with Gasteiger partial charge in [0.15, 0.2) is 0 Å². The van der Waals surface area contributed by atoms with Crippen molar-refractivity contribution in [3.05, 3.63) is 27.8 Å². The quantitative estimate of drug-likeness (QED) is 0.850. The third kappa shape index (κ3) is 3.89. The zero-order chi connectivity index (χ0) is 13.7. The summed E-state index contributed by atoms with van der Waals surface area (Å²) in [6, 6.07) is 1.94. The lowest BCUT2D eigenvalue weighted by Gasteiger charge is -2.07. The highest BCUT2D eigenvalue weighted by molar-refractivity contribution is 7.11. The van der Waals surface area contributed by atoms with Gasteiger partial charge in [-0.2, -0.15) is 4.98 Å². The molecular formula is C13H19N5S. The van der Waals surface area contributed by atoms with Crippen molar-refractivity contribution in [2.24, 2.45) is 0 Å². The van der Waals surface area contributed by atoms with Crippen LogP contribution in [0.2, 0.25) is 0 Å². The average molecular weight is 277 g/mol. The second-order valence-corrected chi connectivity index (χ2v) is 5.38. The molecule has 0 radical (unpaired) electrons. The highest BCUT2D eigenvalue weighted by atomic mass is 32.1. The Kier molecular flexibility index (Phi) is 4.68. The molecule has 0 saturated heterocycles. The fourth-order valence-corrected chi connectivity index (χ4v) is 2.46. The van der Waals surface area contributed by atoms with Crippen molar-refractivity contribution < 1.29 is 0 Å². The van der Waals surface area contributed by atoms with E-state index in [1.807, 2.05) is 26.1 Å². The minimum atomic E-state index is 0.665. The lowest BCUT2D eigenvalue weighted by Crippen LogP contribution is -2.07. The number of rotatable bonds is 6. The highest BCUT2D eigenvalue weighted by Gasteiger charge is 2.03. The maximum absolute atomic E-state index is 4.41. The van der Waals surface area contributed by atoms with Gasteiger partial charge >= 0.3 is 0 Å². The molecule has 5 nitrogen and oxygen atoms in total. The number of hydrogen-bond donors (Lipinski definition) is 2. The summed E-state index contributed by atoms with van der Waals surface area (Å²) in [6.07, 6.45) is 2.98. The summed E-state index contributed by atoms with van der Waals surface area (Å²) in [5.74, 6) is 1.50. The van der Waals surface area contributed by atoms with E-state index < -0.39 is 0 Å². The Morgan fingerprint density at radius 3 is 2.74 bits per heavy atom. The van der Waals surface area contributed by atoms with E-state index in [2.05, 4.69) is 32.5 Å². The summed E-state index contributed by atoms with van der Waals surface area (Å²) < 4.78 is 0. The Morgan fingerprint density at radius 2 is 2.05 bits per heavy atom. The van der Waals surface area contributed by atoms with Crippen LogP contribution in [0.3, 0.4) is 0 Å². The van der Waals surface area contributed by atoms with Gasteiger partial charge in [0, 0.05) is 29.4 Å². The molecule has 0 fully saturated rings. The summed E-state index contributed by atoms with van der Waals surface area (Å²) in [7, 11) is 0. The van der Waals surface area contributed by atoms with Crippen LogP contribution in [-0.2, 0) is 13.0 Å². The summed E-state index contributed by atoms with van der Waals surface area (Å²) in [5.41, 5.74) is 0.946. The molecule has 0 aliphatic heterocycles. The third-order valence-electron chi connectivity index (χ3n) is 2.56. The standard InChI is InChI=1S/C13H19N5S/c1-4-10-7-16-12(19-10)8-15-11-6-9(3)17-13(18-11)14-5-2/h6-7H,4-5,8H2,1-3H3,(H2,14,15,17,18). The highest BCUT2D eigenvalue weighted by Crippen LogP contribution is 2.15. The number of hydrogen-bond acceptors (Lipinski definition) is 6. The smallest absolute Gasteiger partial charge is 0.224 e. The summed E-state index contributed by atoms with van der Waals surface area (Å²) in [5, 5.41) is 7.50. The lowest BCUT2D eigenvalue weighted by molar-refractivity contribution is 1.02. The van der Waals surface area contributed by atoms with E-state index in [0.717, 1.165) is 29.5 Å². The van der Waals surface area contributed by atoms with Gasteiger partial charge < -0.3 is 10.6 Å². The molecule has 0 atom stereocenters. The topological polar surface area (TPSA) is 62.7 Å². The van der Waals surface area contributed by atoms with Crippen LogP contribution < -0.4 is 10.6 Å². The first-order chi connectivity index (χ1) is 9.21. The van der Waals surface area contributed by atoms with E-state index in [4.69, 9.17) is 0 Å². The summed E-state index contributed by atoms with van der Waals surface area (Å²) in [6.45, 7) is 7.65. The van der Waals surface area contributed by atoms with Gasteiger partial charge in [0.1, 0.15) is 10.8 Å². The number of aromatic nitrogens is 3. The largest absolute Gasteiger partial charge is 0.363 e. The monoisotopic (exact) mass is 277 g/mol. The number of nitrogens with one attached hydrogen (secondary N) is 2. The molecule has 2 N–H and O–H groups in total. The second-order valence-electron chi connectivity index (χ2n) is 4.18. The number of aryl methyl sites for hydroxylation is 2. The minimum Gasteiger partial charge on any atom is -0.363 e. The van der Waals surface area contributed by atoms with Gasteiger partial charge in [0.05, 0.1) is 6.54 Å². The molecule has 0 unspecified atom stereocenters. The van der Waals surface area contributed by atoms with E-state index in [1.165, 1.54) is 4.88 Å². The maximum atomic E-state index is 4.41. The van der Waals surface area contributed by atoms with E-state index in [-0.39, 0.29) is 0 Å². The van der Waals surface area contributed by atoms with Crippen LogP contribution in [0.1, 0.15) is 29.4 Å². The van der Waals surface area contributed by atoms with Crippen LogP contribution in [0, 0.1) is 6.92 Å². The van der Waals surface area contributed by atoms with Gasteiger partial charge in [-0.15, -0.1) is 11.3 Å². The van der Waals surface area contributed by atoms with E-state index in [0.29, 0.717) is 12.5 Å². The summed E-state index contributed by atoms with van der Waals surface area (Å²) in [4.78, 5) is 14.4. The van der Waals surface area contributed by atoms with Crippen molar-refractivity contribution in [3.8, 4) is 0 Å². The van der Waals surface area contributed by atoms with Crippen LogP contribution in [0.15, 0.2) is 12.3 Å². The van der Waals surface area contributed by atoms with Crippen LogP contribution in [0.5, 0.6) is 0 Å². The zero-order valence-electron chi connectivity index (χ0n) is 11.5. The second kappa shape index (κ2) is 6.47. The number of anilines is 2. The fourth-order valence-electron chi connectivity index (χ4n) is 1.66. The Bertz CT molecular complexity index is 538. The molecule has 0 spiro atoms. The van der Waals surface area contributed by atoms with Crippen molar-refractivity contribution in [2.75, 3.05) is 17.2 Å². The van der Waals surface area contributed by atoms with Crippen molar-refractivity contribution in [3.63, 3.8) is 0 Å². The van der Waals surface area contributed by atoms with Crippen molar-refractivity contribution in [2.45, 2.75) is 33.7 Å². The molecule has 102 valence electrons. The van der Waals surface area contributed by atoms with E-state index >= 15 is 0 Å². The van der Waals surface area contributed by atoms with E-state index in [1.54, 1.807) is 11.3 Å². The lowest BCUT2D eigenvalue weighted by atomic mass is 10.4. The normalized spacial score (nSPS) is 10.5. The molecule has 2 rings (SSSR count). The predicted molar refractivity (Wildman–Crippen MR) is 79.8 cm³/mol. The van der Waals surface area contributed by atoms with Gasteiger partial charge in [0.25, 0.3) is 0 Å². The Balaban J connectivity index is 2.02. The predicted octanol–water partition coefficient (Wildman–Crippen LogP) is 2.85. The third-order valence-corrected chi connectivity index (χ3v) is 3.70. The summed E-state index contributed by atoms with van der Waals surface area (Å²) >= 11 is 1.74. The Hall–Kier alpha value is -1.69. The number of nitrogens with zero attached hydrogens (tertiary/aromatic N) is 3. The van der Waals surface area contributed by atoms with Gasteiger partial charge in [0.2, 0.25) is 5.95 Å². The molecule has 19 heavy (non-hydrogen) atoms. The first-order valence-corrected chi connectivity index (χ1v) is 7.30. The molecule has 2 heterocycles. The van der Waals surface area contributed by atoms with Gasteiger partial charge in [-0.1, -0.05) is 6.92 Å². The van der Waals surface area contributed by atoms with Crippen molar-refractivity contribution in [1.29, 1.82) is 0 Å². The first-order valence-electron chi connectivity index (χ1n) is 6.48. The average Bonchev–Trinajstić information content (AvgIpc) is 2.84. The molecule has 2 aromatic heterocycles. The molecule has 0 aliphatic carbocycles. The Labute approximate surface area is 117 Å². The van der Waals surface area contributed by atoms with E-state index in [9.17, 15) is 0 Å². The molecule has 0 saturated carbocycles. The van der Waals surface area contributed by atoms with Gasteiger partial charge in [-0.05, 0) is 20.3 Å². The zero-order valence-corrected chi connectivity index (χ0v) is 12.3. The molecule has 2 aromatic rings. The molecule has 0 aliphatic rings.